The highest BCUT2D eigenvalue weighted by molar-refractivity contribution is 7.99. The second-order valence-electron chi connectivity index (χ2n) is 6.04. The highest BCUT2D eigenvalue weighted by atomic mass is 32.2. The zero-order valence-electron chi connectivity index (χ0n) is 12.3. The van der Waals surface area contributed by atoms with E-state index in [4.69, 9.17) is 0 Å². The van der Waals surface area contributed by atoms with Crippen LogP contribution in [0, 0.1) is 17.0 Å². The van der Waals surface area contributed by atoms with Crippen LogP contribution in [0.5, 0.6) is 0 Å². The van der Waals surface area contributed by atoms with Gasteiger partial charge in [0.1, 0.15) is 0 Å². The molecule has 2 fully saturated rings. The molecule has 0 radical (unpaired) electrons. The van der Waals surface area contributed by atoms with Gasteiger partial charge in [-0.1, -0.05) is 0 Å². The minimum absolute atomic E-state index is 0.0876. The molecule has 2 aliphatic rings. The van der Waals surface area contributed by atoms with Gasteiger partial charge in [0, 0.05) is 18.9 Å². The molecule has 0 aromatic heterocycles. The van der Waals surface area contributed by atoms with E-state index in [0.717, 1.165) is 25.7 Å². The van der Waals surface area contributed by atoms with Gasteiger partial charge in [-0.25, -0.2) is 4.79 Å². The van der Waals surface area contributed by atoms with Crippen molar-refractivity contribution < 1.29 is 14.2 Å². The fourth-order valence-electron chi connectivity index (χ4n) is 3.42. The lowest BCUT2D eigenvalue weighted by molar-refractivity contribution is -0.799. The van der Waals surface area contributed by atoms with Crippen LogP contribution in [0.3, 0.4) is 0 Å². The van der Waals surface area contributed by atoms with Crippen LogP contribution in [0.4, 0.5) is 0 Å². The number of rotatable bonds is 4. The van der Waals surface area contributed by atoms with Gasteiger partial charge in [0.15, 0.2) is 0 Å². The second-order valence-corrected chi connectivity index (χ2v) is 7.18. The standard InChI is InChI=1S/C14H24N2O3S/c1-15-14(18)11-5-3-10(4-6-11)8-16(19)9-12(20-2)7-13(16)17/h10-12H,3-9H2,1-2H3,(H,15,18). The number of nitrogens with one attached hydrogen (secondary N) is 1. The monoisotopic (exact) mass is 300 g/mol. The molecule has 6 heteroatoms. The maximum Gasteiger partial charge on any atom is 0.315 e. The van der Waals surface area contributed by atoms with Crippen LogP contribution >= 0.6 is 11.8 Å². The molecule has 0 bridgehead atoms. The SMILES string of the molecule is CNC(=O)C1CCC(C[N+]2([O-])CC(SC)CC2=O)CC1. The summed E-state index contributed by atoms with van der Waals surface area (Å²) in [6.45, 7) is 0.839. The maximum absolute atomic E-state index is 12.6. The van der Waals surface area contributed by atoms with Gasteiger partial charge in [-0.05, 0) is 31.9 Å². The van der Waals surface area contributed by atoms with Gasteiger partial charge < -0.3 is 10.5 Å². The summed E-state index contributed by atoms with van der Waals surface area (Å²) in [5.74, 6) is 0.328. The second kappa shape index (κ2) is 6.45. The summed E-state index contributed by atoms with van der Waals surface area (Å²) in [6, 6.07) is 0. The summed E-state index contributed by atoms with van der Waals surface area (Å²) in [5.41, 5.74) is 0. The lowest BCUT2D eigenvalue weighted by atomic mass is 9.81. The van der Waals surface area contributed by atoms with Gasteiger partial charge in [-0.15, -0.1) is 0 Å². The van der Waals surface area contributed by atoms with Gasteiger partial charge in [-0.2, -0.15) is 11.8 Å². The highest BCUT2D eigenvalue weighted by Gasteiger charge is 2.42. The van der Waals surface area contributed by atoms with Crippen molar-refractivity contribution in [3.63, 3.8) is 0 Å². The predicted octanol–water partition coefficient (Wildman–Crippen LogP) is 1.52. The summed E-state index contributed by atoms with van der Waals surface area (Å²) < 4.78 is -0.638. The van der Waals surface area contributed by atoms with Gasteiger partial charge in [-0.3, -0.25) is 9.44 Å². The Bertz CT molecular complexity index is 383. The van der Waals surface area contributed by atoms with Crippen LogP contribution in [0.2, 0.25) is 0 Å². The zero-order chi connectivity index (χ0) is 14.8. The van der Waals surface area contributed by atoms with Gasteiger partial charge >= 0.3 is 5.91 Å². The van der Waals surface area contributed by atoms with Crippen molar-refractivity contribution in [2.24, 2.45) is 11.8 Å². The van der Waals surface area contributed by atoms with E-state index < -0.39 is 4.65 Å². The van der Waals surface area contributed by atoms with Crippen molar-refractivity contribution >= 4 is 23.6 Å². The van der Waals surface area contributed by atoms with Crippen LogP contribution in [0.15, 0.2) is 0 Å². The summed E-state index contributed by atoms with van der Waals surface area (Å²) in [7, 11) is 1.66. The lowest BCUT2D eigenvalue weighted by Crippen LogP contribution is -2.48. The summed E-state index contributed by atoms with van der Waals surface area (Å²) in [4.78, 5) is 23.5. The molecule has 20 heavy (non-hydrogen) atoms. The molecule has 0 spiro atoms. The fraction of sp³-hybridized carbons (Fsp3) is 0.857. The van der Waals surface area contributed by atoms with E-state index >= 15 is 0 Å². The Morgan fingerprint density at radius 3 is 2.55 bits per heavy atom. The van der Waals surface area contributed by atoms with Gasteiger partial charge in [0.25, 0.3) is 0 Å². The highest BCUT2D eigenvalue weighted by Crippen LogP contribution is 2.34. The largest absolute Gasteiger partial charge is 0.625 e. The topological polar surface area (TPSA) is 69.2 Å². The van der Waals surface area contributed by atoms with Crippen LogP contribution in [0.1, 0.15) is 32.1 Å². The van der Waals surface area contributed by atoms with Crippen molar-refractivity contribution in [3.05, 3.63) is 5.21 Å². The van der Waals surface area contributed by atoms with E-state index in [9.17, 15) is 14.8 Å². The third-order valence-electron chi connectivity index (χ3n) is 4.71. The summed E-state index contributed by atoms with van der Waals surface area (Å²) >= 11 is 1.62. The summed E-state index contributed by atoms with van der Waals surface area (Å²) in [5, 5.41) is 15.5. The van der Waals surface area contributed by atoms with E-state index in [-0.39, 0.29) is 28.9 Å². The minimum atomic E-state index is -0.638. The Labute approximate surface area is 124 Å². The number of amides is 2. The first-order chi connectivity index (χ1) is 9.48. The quantitative estimate of drug-likeness (QED) is 0.631. The summed E-state index contributed by atoms with van der Waals surface area (Å²) in [6.07, 6.45) is 5.82. The van der Waals surface area contributed by atoms with Gasteiger partial charge in [0.2, 0.25) is 5.91 Å². The third-order valence-corrected chi connectivity index (χ3v) is 5.69. The molecule has 114 valence electrons. The average Bonchev–Trinajstić information content (AvgIpc) is 2.74. The number of nitrogens with zero attached hydrogens (tertiary/aromatic N) is 1. The number of hydrogen-bond acceptors (Lipinski definition) is 4. The Kier molecular flexibility index (Phi) is 5.09. The molecule has 0 aromatic carbocycles. The van der Waals surface area contributed by atoms with Crippen LogP contribution in [-0.2, 0) is 9.59 Å². The van der Waals surface area contributed by atoms with Crippen LogP contribution in [-0.4, -0.2) is 48.1 Å². The van der Waals surface area contributed by atoms with E-state index in [2.05, 4.69) is 5.32 Å². The third kappa shape index (κ3) is 3.35. The molecule has 1 heterocycles. The zero-order valence-corrected chi connectivity index (χ0v) is 13.1. The Hall–Kier alpha value is -0.590. The molecular formula is C14H24N2O3S. The first kappa shape index (κ1) is 15.8. The molecule has 2 unspecified atom stereocenters. The maximum atomic E-state index is 12.6. The average molecular weight is 300 g/mol. The Balaban J connectivity index is 1.86. The van der Waals surface area contributed by atoms with E-state index in [1.807, 2.05) is 6.26 Å². The Morgan fingerprint density at radius 2 is 2.05 bits per heavy atom. The number of carbonyl (C=O) groups excluding carboxylic acids is 2. The molecule has 1 saturated heterocycles. The van der Waals surface area contributed by atoms with E-state index in [0.29, 0.717) is 19.5 Å². The smallest absolute Gasteiger partial charge is 0.315 e. The number of thioether (sulfide) groups is 1. The number of likely N-dealkylation sites (tertiary alicyclic amines) is 1. The number of quaternary nitrogens is 1. The van der Waals surface area contributed by atoms with Crippen molar-refractivity contribution in [2.75, 3.05) is 26.4 Å². The minimum Gasteiger partial charge on any atom is -0.625 e. The molecule has 2 amide bonds. The molecule has 1 saturated carbocycles. The van der Waals surface area contributed by atoms with Crippen molar-refractivity contribution in [3.8, 4) is 0 Å². The van der Waals surface area contributed by atoms with Crippen LogP contribution < -0.4 is 5.32 Å². The first-order valence-electron chi connectivity index (χ1n) is 7.34. The van der Waals surface area contributed by atoms with E-state index in [1.54, 1.807) is 18.8 Å². The van der Waals surface area contributed by atoms with Crippen molar-refractivity contribution in [1.29, 1.82) is 0 Å². The molecule has 2 atom stereocenters. The molecular weight excluding hydrogens is 276 g/mol. The molecule has 1 aliphatic carbocycles. The normalized spacial score (nSPS) is 38.0. The molecule has 1 N–H and O–H groups in total. The molecule has 0 aromatic rings. The van der Waals surface area contributed by atoms with E-state index in [1.165, 1.54) is 0 Å². The van der Waals surface area contributed by atoms with Gasteiger partial charge in [0.05, 0.1) is 24.8 Å². The fourth-order valence-corrected chi connectivity index (χ4v) is 4.12. The lowest BCUT2D eigenvalue weighted by Gasteiger charge is -2.40. The number of hydroxylamine groups is 3. The molecule has 2 rings (SSSR count). The first-order valence-corrected chi connectivity index (χ1v) is 8.63. The molecule has 1 aliphatic heterocycles. The predicted molar refractivity (Wildman–Crippen MR) is 79.8 cm³/mol. The Morgan fingerprint density at radius 1 is 1.40 bits per heavy atom. The van der Waals surface area contributed by atoms with Crippen molar-refractivity contribution in [1.82, 2.24) is 5.32 Å². The molecule has 5 nitrogen and oxygen atoms in total. The van der Waals surface area contributed by atoms with Crippen LogP contribution in [0.25, 0.3) is 0 Å². The number of hydrogen-bond donors (Lipinski definition) is 1. The van der Waals surface area contributed by atoms with Crippen molar-refractivity contribution in [2.45, 2.75) is 37.4 Å². The number of carbonyl (C=O) groups is 2.